The Morgan fingerprint density at radius 3 is 2.87 bits per heavy atom. The van der Waals surface area contributed by atoms with Gasteiger partial charge in [0.25, 0.3) is 0 Å². The maximum atomic E-state index is 12.9. The second-order valence-electron chi connectivity index (χ2n) is 7.58. The molecule has 1 saturated heterocycles. The summed E-state index contributed by atoms with van der Waals surface area (Å²) in [6.45, 7) is 2.27. The fourth-order valence-corrected chi connectivity index (χ4v) is 4.35. The van der Waals surface area contributed by atoms with Gasteiger partial charge < -0.3 is 14.8 Å². The quantitative estimate of drug-likeness (QED) is 0.655. The number of ether oxygens (including phenoxy) is 2. The molecule has 3 aromatic rings. The smallest absolute Gasteiger partial charge is 0.238 e. The first-order chi connectivity index (χ1) is 15.2. The van der Waals surface area contributed by atoms with Crippen LogP contribution in [0.2, 0.25) is 5.02 Å². The lowest BCUT2D eigenvalue weighted by Crippen LogP contribution is -2.33. The third kappa shape index (κ3) is 4.22. The van der Waals surface area contributed by atoms with Crippen LogP contribution in [-0.2, 0) is 4.79 Å². The Kier molecular flexibility index (Phi) is 5.48. The van der Waals surface area contributed by atoms with E-state index in [-0.39, 0.29) is 18.5 Å². The first kappa shape index (κ1) is 19.8. The topological polar surface area (TPSA) is 81.5 Å². The fraction of sp³-hybridized carbons (Fsp3) is 0.318. The molecule has 0 aliphatic carbocycles. The van der Waals surface area contributed by atoms with Crippen LogP contribution in [-0.4, -0.2) is 51.9 Å². The number of hydrogen-bond donors (Lipinski definition) is 1. The van der Waals surface area contributed by atoms with E-state index in [1.807, 2.05) is 12.1 Å². The minimum absolute atomic E-state index is 0.104. The van der Waals surface area contributed by atoms with Gasteiger partial charge in [-0.2, -0.15) is 5.10 Å². The van der Waals surface area contributed by atoms with Crippen LogP contribution < -0.4 is 14.8 Å². The van der Waals surface area contributed by atoms with E-state index >= 15 is 0 Å². The van der Waals surface area contributed by atoms with Gasteiger partial charge in [0, 0.05) is 11.1 Å². The third-order valence-corrected chi connectivity index (χ3v) is 5.79. The molecule has 9 heteroatoms. The number of aromatic nitrogens is 3. The molecule has 1 N–H and O–H groups in total. The Morgan fingerprint density at radius 2 is 2.03 bits per heavy atom. The van der Waals surface area contributed by atoms with E-state index in [1.54, 1.807) is 29.2 Å². The number of likely N-dealkylation sites (tertiary alicyclic amines) is 1. The zero-order chi connectivity index (χ0) is 21.2. The third-order valence-electron chi connectivity index (χ3n) is 5.56. The van der Waals surface area contributed by atoms with Crippen molar-refractivity contribution >= 4 is 23.2 Å². The lowest BCUT2D eigenvalue weighted by molar-refractivity contribution is -0.117. The molecule has 0 spiro atoms. The Morgan fingerprint density at radius 1 is 1.16 bits per heavy atom. The number of nitrogens with zero attached hydrogens (tertiary/aromatic N) is 4. The first-order valence-electron chi connectivity index (χ1n) is 10.3. The first-order valence-corrected chi connectivity index (χ1v) is 10.6. The van der Waals surface area contributed by atoms with Gasteiger partial charge in [0.05, 0.1) is 17.9 Å². The van der Waals surface area contributed by atoms with Crippen molar-refractivity contribution in [1.82, 2.24) is 19.7 Å². The van der Waals surface area contributed by atoms with Gasteiger partial charge >= 0.3 is 0 Å². The van der Waals surface area contributed by atoms with E-state index in [0.29, 0.717) is 29.6 Å². The number of nitrogens with one attached hydrogen (secondary N) is 1. The SMILES string of the molecule is O=C(CN1CCC[C@@H]1c1ccc2c(c1)OCCO2)Nc1cc(Cl)ccc1-n1cncn1. The molecule has 31 heavy (non-hydrogen) atoms. The molecule has 1 amide bonds. The number of rotatable bonds is 5. The average molecular weight is 440 g/mol. The minimum Gasteiger partial charge on any atom is -0.486 e. The maximum Gasteiger partial charge on any atom is 0.238 e. The van der Waals surface area contributed by atoms with E-state index in [1.165, 1.54) is 6.33 Å². The molecule has 1 aromatic heterocycles. The summed E-state index contributed by atoms with van der Waals surface area (Å²) in [5.41, 5.74) is 2.44. The highest BCUT2D eigenvalue weighted by Gasteiger charge is 2.29. The predicted octanol–water partition coefficient (Wildman–Crippen LogP) is 3.47. The molecule has 2 aliphatic rings. The molecule has 8 nitrogen and oxygen atoms in total. The van der Waals surface area contributed by atoms with Gasteiger partial charge in [0.15, 0.2) is 11.5 Å². The molecule has 3 heterocycles. The van der Waals surface area contributed by atoms with Crippen LogP contribution in [0.4, 0.5) is 5.69 Å². The van der Waals surface area contributed by atoms with Crippen molar-refractivity contribution in [3.8, 4) is 17.2 Å². The Labute approximate surface area is 184 Å². The Bertz CT molecular complexity index is 1090. The van der Waals surface area contributed by atoms with Gasteiger partial charge in [-0.05, 0) is 55.3 Å². The number of carbonyl (C=O) groups excluding carboxylic acids is 1. The summed E-state index contributed by atoms with van der Waals surface area (Å²) in [5.74, 6) is 1.45. The molecule has 0 unspecified atom stereocenters. The number of benzene rings is 2. The molecule has 160 valence electrons. The predicted molar refractivity (Wildman–Crippen MR) is 116 cm³/mol. The molecule has 5 rings (SSSR count). The molecule has 2 aromatic carbocycles. The molecule has 0 bridgehead atoms. The van der Waals surface area contributed by atoms with Gasteiger partial charge in [-0.25, -0.2) is 9.67 Å². The highest BCUT2D eigenvalue weighted by Crippen LogP contribution is 2.38. The zero-order valence-corrected chi connectivity index (χ0v) is 17.6. The van der Waals surface area contributed by atoms with Crippen molar-refractivity contribution in [2.75, 3.05) is 31.6 Å². The molecule has 0 saturated carbocycles. The van der Waals surface area contributed by atoms with Crippen molar-refractivity contribution in [3.05, 3.63) is 59.6 Å². The van der Waals surface area contributed by atoms with E-state index in [4.69, 9.17) is 21.1 Å². The Hall–Kier alpha value is -3.10. The van der Waals surface area contributed by atoms with Crippen molar-refractivity contribution in [1.29, 1.82) is 0 Å². The molecule has 2 aliphatic heterocycles. The summed E-state index contributed by atoms with van der Waals surface area (Å²) in [6, 6.07) is 11.5. The van der Waals surface area contributed by atoms with Crippen LogP contribution in [0.3, 0.4) is 0 Å². The second kappa shape index (κ2) is 8.56. The molecule has 0 radical (unpaired) electrons. The van der Waals surface area contributed by atoms with E-state index < -0.39 is 0 Å². The average Bonchev–Trinajstić information content (AvgIpc) is 3.46. The molecule has 1 fully saturated rings. The normalized spacial score (nSPS) is 18.2. The number of amides is 1. The fourth-order valence-electron chi connectivity index (χ4n) is 4.18. The van der Waals surface area contributed by atoms with Crippen molar-refractivity contribution < 1.29 is 14.3 Å². The van der Waals surface area contributed by atoms with Crippen LogP contribution in [0.5, 0.6) is 11.5 Å². The van der Waals surface area contributed by atoms with Gasteiger partial charge in [0.2, 0.25) is 5.91 Å². The highest BCUT2D eigenvalue weighted by molar-refractivity contribution is 6.31. The molecular formula is C22H22ClN5O3. The van der Waals surface area contributed by atoms with E-state index in [2.05, 4.69) is 26.4 Å². The van der Waals surface area contributed by atoms with E-state index in [9.17, 15) is 4.79 Å². The summed E-state index contributed by atoms with van der Waals surface area (Å²) < 4.78 is 13.0. The Balaban J connectivity index is 1.31. The lowest BCUT2D eigenvalue weighted by atomic mass is 10.0. The van der Waals surface area contributed by atoms with Crippen molar-refractivity contribution in [2.45, 2.75) is 18.9 Å². The van der Waals surface area contributed by atoms with Crippen molar-refractivity contribution in [2.24, 2.45) is 0 Å². The van der Waals surface area contributed by atoms with Gasteiger partial charge in [-0.1, -0.05) is 17.7 Å². The number of halogens is 1. The molecular weight excluding hydrogens is 418 g/mol. The highest BCUT2D eigenvalue weighted by atomic mass is 35.5. The van der Waals surface area contributed by atoms with Crippen molar-refractivity contribution in [3.63, 3.8) is 0 Å². The number of fused-ring (bicyclic) bond motifs is 1. The summed E-state index contributed by atoms with van der Waals surface area (Å²) in [7, 11) is 0. The van der Waals surface area contributed by atoms with Crippen LogP contribution in [0.25, 0.3) is 5.69 Å². The summed E-state index contributed by atoms with van der Waals surface area (Å²) in [4.78, 5) is 19.1. The van der Waals surface area contributed by atoms with Crippen LogP contribution in [0.15, 0.2) is 49.1 Å². The minimum atomic E-state index is -0.104. The summed E-state index contributed by atoms with van der Waals surface area (Å²) >= 11 is 6.16. The summed E-state index contributed by atoms with van der Waals surface area (Å²) in [5, 5.41) is 7.68. The maximum absolute atomic E-state index is 12.9. The largest absolute Gasteiger partial charge is 0.486 e. The molecule has 1 atom stereocenters. The second-order valence-corrected chi connectivity index (χ2v) is 8.02. The van der Waals surface area contributed by atoms with Crippen LogP contribution >= 0.6 is 11.6 Å². The number of hydrogen-bond acceptors (Lipinski definition) is 6. The van der Waals surface area contributed by atoms with Crippen LogP contribution in [0.1, 0.15) is 24.4 Å². The van der Waals surface area contributed by atoms with Gasteiger partial charge in [0.1, 0.15) is 25.9 Å². The van der Waals surface area contributed by atoms with Gasteiger partial charge in [-0.3, -0.25) is 9.69 Å². The lowest BCUT2D eigenvalue weighted by Gasteiger charge is -2.26. The van der Waals surface area contributed by atoms with Crippen LogP contribution in [0, 0.1) is 0 Å². The standard InChI is InChI=1S/C22H22ClN5O3/c23-16-4-5-19(28-14-24-13-25-28)17(11-16)26-22(29)12-27-7-1-2-18(27)15-3-6-20-21(10-15)31-9-8-30-20/h3-6,10-11,13-14,18H,1-2,7-9,12H2,(H,26,29)/t18-/m1/s1. The summed E-state index contributed by atoms with van der Waals surface area (Å²) in [6.07, 6.45) is 5.06. The number of anilines is 1. The van der Waals surface area contributed by atoms with E-state index in [0.717, 1.165) is 36.4 Å². The zero-order valence-electron chi connectivity index (χ0n) is 16.8. The monoisotopic (exact) mass is 439 g/mol. The van der Waals surface area contributed by atoms with Gasteiger partial charge in [-0.15, -0.1) is 0 Å². The number of carbonyl (C=O) groups is 1.